The zero-order chi connectivity index (χ0) is 12.5. The van der Waals surface area contributed by atoms with Crippen molar-refractivity contribution < 1.29 is 9.90 Å². The quantitative estimate of drug-likeness (QED) is 0.939. The van der Waals surface area contributed by atoms with Crippen LogP contribution >= 0.6 is 22.7 Å². The molecule has 1 atom stereocenters. The number of hydrogen-bond acceptors (Lipinski definition) is 4. The van der Waals surface area contributed by atoms with Crippen molar-refractivity contribution in [1.82, 2.24) is 4.90 Å². The Morgan fingerprint density at radius 2 is 2.28 bits per heavy atom. The van der Waals surface area contributed by atoms with Gasteiger partial charge in [-0.2, -0.15) is 0 Å². The van der Waals surface area contributed by atoms with Crippen molar-refractivity contribution in [3.8, 4) is 0 Å². The average molecular weight is 279 g/mol. The fourth-order valence-corrected chi connectivity index (χ4v) is 4.27. The highest BCUT2D eigenvalue weighted by molar-refractivity contribution is 7.10. The normalized spacial score (nSPS) is 19.7. The summed E-state index contributed by atoms with van der Waals surface area (Å²) in [7, 11) is 0. The Kier molecular flexibility index (Phi) is 3.20. The molecule has 3 rings (SSSR count). The predicted molar refractivity (Wildman–Crippen MR) is 73.4 cm³/mol. The second-order valence-electron chi connectivity index (χ2n) is 4.33. The molecule has 1 N–H and O–H groups in total. The summed E-state index contributed by atoms with van der Waals surface area (Å²) < 4.78 is 0. The van der Waals surface area contributed by atoms with Gasteiger partial charge in [-0.1, -0.05) is 6.07 Å². The van der Waals surface area contributed by atoms with Gasteiger partial charge in [0.05, 0.1) is 12.6 Å². The fourth-order valence-electron chi connectivity index (χ4n) is 2.49. The molecule has 5 heteroatoms. The molecular weight excluding hydrogens is 266 g/mol. The van der Waals surface area contributed by atoms with Crippen molar-refractivity contribution in [3.63, 3.8) is 0 Å². The van der Waals surface area contributed by atoms with Crippen molar-refractivity contribution in [2.24, 2.45) is 0 Å². The average Bonchev–Trinajstić information content (AvgIpc) is 2.97. The number of carboxylic acid groups (broad SMARTS) is 1. The summed E-state index contributed by atoms with van der Waals surface area (Å²) >= 11 is 3.48. The van der Waals surface area contributed by atoms with E-state index >= 15 is 0 Å². The highest BCUT2D eigenvalue weighted by atomic mass is 32.1. The van der Waals surface area contributed by atoms with Crippen LogP contribution in [0.3, 0.4) is 0 Å². The van der Waals surface area contributed by atoms with Crippen LogP contribution in [0.2, 0.25) is 0 Å². The van der Waals surface area contributed by atoms with Crippen molar-refractivity contribution in [2.75, 3.05) is 13.1 Å². The van der Waals surface area contributed by atoms with Gasteiger partial charge in [-0.05, 0) is 34.9 Å². The zero-order valence-corrected chi connectivity index (χ0v) is 11.3. The fraction of sp³-hybridized carbons (Fsp3) is 0.308. The van der Waals surface area contributed by atoms with Crippen LogP contribution < -0.4 is 0 Å². The first kappa shape index (κ1) is 11.9. The monoisotopic (exact) mass is 279 g/mol. The Hall–Kier alpha value is -1.17. The lowest BCUT2D eigenvalue weighted by Gasteiger charge is -2.34. The largest absolute Gasteiger partial charge is 0.480 e. The van der Waals surface area contributed by atoms with Crippen LogP contribution in [0.15, 0.2) is 29.0 Å². The molecule has 0 fully saturated rings. The highest BCUT2D eigenvalue weighted by Crippen LogP contribution is 2.39. The molecule has 0 bridgehead atoms. The van der Waals surface area contributed by atoms with Crippen molar-refractivity contribution >= 4 is 28.6 Å². The number of rotatable bonds is 3. The number of aliphatic carboxylic acids is 1. The van der Waals surface area contributed by atoms with E-state index in [1.165, 1.54) is 15.3 Å². The van der Waals surface area contributed by atoms with Crippen LogP contribution in [-0.4, -0.2) is 29.1 Å². The van der Waals surface area contributed by atoms with Gasteiger partial charge < -0.3 is 5.11 Å². The minimum absolute atomic E-state index is 0.109. The van der Waals surface area contributed by atoms with Gasteiger partial charge in [0, 0.05) is 16.3 Å². The van der Waals surface area contributed by atoms with Crippen LogP contribution in [0.25, 0.3) is 0 Å². The predicted octanol–water partition coefficient (Wildman–Crippen LogP) is 2.84. The van der Waals surface area contributed by atoms with Gasteiger partial charge in [-0.3, -0.25) is 9.69 Å². The molecule has 94 valence electrons. The number of fused-ring (bicyclic) bond motifs is 1. The minimum Gasteiger partial charge on any atom is -0.480 e. The van der Waals surface area contributed by atoms with Gasteiger partial charge in [0.25, 0.3) is 0 Å². The van der Waals surface area contributed by atoms with E-state index in [1.807, 2.05) is 6.07 Å². The number of carboxylic acids is 1. The maximum absolute atomic E-state index is 11.0. The van der Waals surface area contributed by atoms with Gasteiger partial charge in [0.1, 0.15) is 0 Å². The lowest BCUT2D eigenvalue weighted by atomic mass is 9.98. The maximum Gasteiger partial charge on any atom is 0.317 e. The topological polar surface area (TPSA) is 40.5 Å². The number of carbonyl (C=O) groups is 1. The molecular formula is C13H13NO2S2. The molecule has 2 aromatic heterocycles. The van der Waals surface area contributed by atoms with Gasteiger partial charge in [-0.25, -0.2) is 0 Å². The van der Waals surface area contributed by atoms with Gasteiger partial charge in [0.2, 0.25) is 0 Å². The van der Waals surface area contributed by atoms with Gasteiger partial charge in [-0.15, -0.1) is 22.7 Å². The van der Waals surface area contributed by atoms with E-state index in [0.29, 0.717) is 0 Å². The summed E-state index contributed by atoms with van der Waals surface area (Å²) in [6.45, 7) is 0.931. The van der Waals surface area contributed by atoms with Crippen molar-refractivity contribution in [2.45, 2.75) is 12.5 Å². The van der Waals surface area contributed by atoms with Crippen molar-refractivity contribution in [3.05, 3.63) is 44.3 Å². The molecule has 0 amide bonds. The Morgan fingerprint density at radius 3 is 3.00 bits per heavy atom. The van der Waals surface area contributed by atoms with Crippen LogP contribution in [-0.2, 0) is 11.2 Å². The molecule has 2 aromatic rings. The summed E-state index contributed by atoms with van der Waals surface area (Å²) in [5.41, 5.74) is 1.29. The maximum atomic E-state index is 11.0. The molecule has 0 aliphatic carbocycles. The third-order valence-corrected chi connectivity index (χ3v) is 5.14. The summed E-state index contributed by atoms with van der Waals surface area (Å²) in [6, 6.07) is 6.38. The highest BCUT2D eigenvalue weighted by Gasteiger charge is 2.31. The van der Waals surface area contributed by atoms with E-state index in [2.05, 4.69) is 27.8 Å². The first-order valence-corrected chi connectivity index (χ1v) is 7.57. The second-order valence-corrected chi connectivity index (χ2v) is 6.31. The second kappa shape index (κ2) is 4.84. The van der Waals surface area contributed by atoms with E-state index in [4.69, 9.17) is 5.11 Å². The number of hydrogen-bond donors (Lipinski definition) is 1. The third kappa shape index (κ3) is 2.09. The lowest BCUT2D eigenvalue weighted by Crippen LogP contribution is -2.38. The third-order valence-electron chi connectivity index (χ3n) is 3.22. The standard InChI is InChI=1S/C13H13NO2S2/c15-12(16)8-14-5-3-10-9(4-7-18-10)13(14)11-2-1-6-17-11/h1-2,4,6-7,13H,3,5,8H2,(H,15,16)/t13-/m0/s1. The summed E-state index contributed by atoms with van der Waals surface area (Å²) in [4.78, 5) is 15.7. The molecule has 0 saturated heterocycles. The van der Waals surface area contributed by atoms with Gasteiger partial charge >= 0.3 is 5.97 Å². The van der Waals surface area contributed by atoms with Gasteiger partial charge in [0.15, 0.2) is 0 Å². The molecule has 0 saturated carbocycles. The van der Waals surface area contributed by atoms with Crippen LogP contribution in [0.1, 0.15) is 21.4 Å². The number of thiophene rings is 2. The first-order chi connectivity index (χ1) is 8.75. The van der Waals surface area contributed by atoms with E-state index in [9.17, 15) is 4.79 Å². The molecule has 0 radical (unpaired) electrons. The smallest absolute Gasteiger partial charge is 0.317 e. The van der Waals surface area contributed by atoms with E-state index in [-0.39, 0.29) is 12.6 Å². The minimum atomic E-state index is -0.754. The summed E-state index contributed by atoms with van der Waals surface area (Å²) in [6.07, 6.45) is 0.960. The Labute approximate surface area is 113 Å². The van der Waals surface area contributed by atoms with E-state index < -0.39 is 5.97 Å². The molecule has 1 aliphatic rings. The molecule has 0 spiro atoms. The summed E-state index contributed by atoms with van der Waals surface area (Å²) in [5.74, 6) is -0.754. The van der Waals surface area contributed by atoms with Crippen LogP contribution in [0, 0.1) is 0 Å². The molecule has 3 nitrogen and oxygen atoms in total. The summed E-state index contributed by atoms with van der Waals surface area (Å²) in [5, 5.41) is 13.2. The SMILES string of the molecule is O=C(O)CN1CCc2sccc2[C@H]1c1cccs1. The van der Waals surface area contributed by atoms with Crippen LogP contribution in [0.4, 0.5) is 0 Å². The van der Waals surface area contributed by atoms with Crippen molar-refractivity contribution in [1.29, 1.82) is 0 Å². The van der Waals surface area contributed by atoms with Crippen LogP contribution in [0.5, 0.6) is 0 Å². The Bertz CT molecular complexity index is 547. The first-order valence-electron chi connectivity index (χ1n) is 5.81. The van der Waals surface area contributed by atoms with E-state index in [1.54, 1.807) is 22.7 Å². The molecule has 18 heavy (non-hydrogen) atoms. The molecule has 3 heterocycles. The molecule has 0 aromatic carbocycles. The Balaban J connectivity index is 2.00. The molecule has 0 unspecified atom stereocenters. The molecule has 1 aliphatic heterocycles. The zero-order valence-electron chi connectivity index (χ0n) is 9.70. The number of nitrogens with zero attached hydrogens (tertiary/aromatic N) is 1. The van der Waals surface area contributed by atoms with E-state index in [0.717, 1.165) is 13.0 Å². The Morgan fingerprint density at radius 1 is 1.39 bits per heavy atom. The lowest BCUT2D eigenvalue weighted by molar-refractivity contribution is -0.138.